The number of nitrogens with zero attached hydrogens (tertiary/aromatic N) is 3. The maximum atomic E-state index is 12.5. The van der Waals surface area contributed by atoms with Gasteiger partial charge >= 0.3 is 5.69 Å². The van der Waals surface area contributed by atoms with Crippen LogP contribution in [0.2, 0.25) is 0 Å². The molecule has 0 aliphatic heterocycles. The van der Waals surface area contributed by atoms with Crippen LogP contribution in [0.1, 0.15) is 43.1 Å². The molecule has 2 saturated carbocycles. The minimum absolute atomic E-state index is 0.0138. The highest BCUT2D eigenvalue weighted by Crippen LogP contribution is 2.49. The molecule has 148 valence electrons. The van der Waals surface area contributed by atoms with E-state index in [1.54, 1.807) is 24.4 Å². The molecule has 1 N–H and O–H groups in total. The highest BCUT2D eigenvalue weighted by Gasteiger charge is 2.42. The van der Waals surface area contributed by atoms with Crippen LogP contribution in [0.5, 0.6) is 5.75 Å². The molecule has 1 amide bonds. The standard InChI is InChI=1S/C20H24N4O4/c1-13(16-11-14-6-7-15(16)10-14)21-20(25)17-8-9-23(22-17)12-28-19-5-3-2-4-18(19)24(26)27/h2-5,8-9,13-16H,6-7,10-12H2,1H3,(H,21,25)/t13-,14-,15-,16+/m1/s1. The largest absolute Gasteiger partial charge is 0.464 e. The molecule has 0 spiro atoms. The quantitative estimate of drug-likeness (QED) is 0.583. The number of amides is 1. The number of benzene rings is 1. The zero-order chi connectivity index (χ0) is 19.7. The normalized spacial score (nSPS) is 24.1. The third kappa shape index (κ3) is 3.72. The van der Waals surface area contributed by atoms with Gasteiger partial charge in [-0.25, -0.2) is 4.68 Å². The van der Waals surface area contributed by atoms with Crippen LogP contribution >= 0.6 is 0 Å². The van der Waals surface area contributed by atoms with Gasteiger partial charge in [0.05, 0.1) is 4.92 Å². The molecule has 1 heterocycles. The van der Waals surface area contributed by atoms with Gasteiger partial charge in [-0.3, -0.25) is 14.9 Å². The van der Waals surface area contributed by atoms with E-state index in [0.29, 0.717) is 11.6 Å². The molecule has 2 fully saturated rings. The SMILES string of the molecule is C[C@@H](NC(=O)c1ccn(COc2ccccc2[N+](=O)[O-])n1)[C@@H]1C[C@@H]2CC[C@@H]1C2. The summed E-state index contributed by atoms with van der Waals surface area (Å²) >= 11 is 0. The lowest BCUT2D eigenvalue weighted by Gasteiger charge is -2.28. The molecular weight excluding hydrogens is 360 g/mol. The molecule has 4 rings (SSSR count). The topological polar surface area (TPSA) is 99.3 Å². The van der Waals surface area contributed by atoms with Crippen LogP contribution in [0.15, 0.2) is 36.5 Å². The molecule has 2 aliphatic rings. The van der Waals surface area contributed by atoms with Crippen LogP contribution in [0.3, 0.4) is 0 Å². The second kappa shape index (κ2) is 7.61. The summed E-state index contributed by atoms with van der Waals surface area (Å²) in [6, 6.07) is 7.93. The Balaban J connectivity index is 1.34. The number of hydrogen-bond donors (Lipinski definition) is 1. The van der Waals surface area contributed by atoms with Crippen molar-refractivity contribution >= 4 is 11.6 Å². The number of hydrogen-bond acceptors (Lipinski definition) is 5. The number of ether oxygens (including phenoxy) is 1. The maximum absolute atomic E-state index is 12.5. The number of fused-ring (bicyclic) bond motifs is 2. The van der Waals surface area contributed by atoms with Gasteiger partial charge < -0.3 is 10.1 Å². The van der Waals surface area contributed by atoms with Crippen LogP contribution in [-0.4, -0.2) is 26.7 Å². The maximum Gasteiger partial charge on any atom is 0.311 e. The first-order valence-electron chi connectivity index (χ1n) is 9.72. The van der Waals surface area contributed by atoms with Crippen LogP contribution in [0, 0.1) is 27.9 Å². The minimum atomic E-state index is -0.492. The van der Waals surface area contributed by atoms with Gasteiger partial charge in [0, 0.05) is 18.3 Å². The van der Waals surface area contributed by atoms with Crippen molar-refractivity contribution in [2.45, 2.75) is 45.4 Å². The second-order valence-electron chi connectivity index (χ2n) is 7.84. The van der Waals surface area contributed by atoms with E-state index in [9.17, 15) is 14.9 Å². The molecular formula is C20H24N4O4. The summed E-state index contributed by atoms with van der Waals surface area (Å²) < 4.78 is 6.95. The van der Waals surface area contributed by atoms with Crippen LogP contribution in [0.25, 0.3) is 0 Å². The fraction of sp³-hybridized carbons (Fsp3) is 0.500. The minimum Gasteiger partial charge on any atom is -0.464 e. The van der Waals surface area contributed by atoms with Crippen molar-refractivity contribution in [1.29, 1.82) is 0 Å². The lowest BCUT2D eigenvalue weighted by molar-refractivity contribution is -0.386. The third-order valence-electron chi connectivity index (χ3n) is 6.08. The fourth-order valence-electron chi connectivity index (χ4n) is 4.71. The zero-order valence-corrected chi connectivity index (χ0v) is 15.8. The van der Waals surface area contributed by atoms with E-state index in [2.05, 4.69) is 17.3 Å². The van der Waals surface area contributed by atoms with Crippen molar-refractivity contribution in [3.63, 3.8) is 0 Å². The Labute approximate surface area is 163 Å². The Hall–Kier alpha value is -2.90. The molecule has 28 heavy (non-hydrogen) atoms. The van der Waals surface area contributed by atoms with Crippen molar-refractivity contribution in [1.82, 2.24) is 15.1 Å². The fourth-order valence-corrected chi connectivity index (χ4v) is 4.71. The zero-order valence-electron chi connectivity index (χ0n) is 15.8. The Morgan fingerprint density at radius 1 is 1.36 bits per heavy atom. The van der Waals surface area contributed by atoms with Gasteiger partial charge in [-0.15, -0.1) is 0 Å². The van der Waals surface area contributed by atoms with Crippen molar-refractivity contribution in [3.8, 4) is 5.75 Å². The van der Waals surface area contributed by atoms with Crippen LogP contribution in [0.4, 0.5) is 5.69 Å². The monoisotopic (exact) mass is 384 g/mol. The predicted octanol–water partition coefficient (Wildman–Crippen LogP) is 3.38. The summed E-state index contributed by atoms with van der Waals surface area (Å²) in [4.78, 5) is 23.1. The molecule has 0 unspecified atom stereocenters. The molecule has 1 aromatic heterocycles. The molecule has 2 aromatic rings. The van der Waals surface area contributed by atoms with E-state index >= 15 is 0 Å². The predicted molar refractivity (Wildman–Crippen MR) is 102 cm³/mol. The Morgan fingerprint density at radius 2 is 2.18 bits per heavy atom. The number of carbonyl (C=O) groups excluding carboxylic acids is 1. The first-order valence-corrected chi connectivity index (χ1v) is 9.72. The third-order valence-corrected chi connectivity index (χ3v) is 6.08. The van der Waals surface area contributed by atoms with E-state index in [4.69, 9.17) is 4.74 Å². The Bertz CT molecular complexity index is 881. The summed E-state index contributed by atoms with van der Waals surface area (Å²) in [7, 11) is 0. The molecule has 2 bridgehead atoms. The van der Waals surface area contributed by atoms with E-state index in [0.717, 1.165) is 11.8 Å². The molecule has 1 aromatic carbocycles. The lowest BCUT2D eigenvalue weighted by Crippen LogP contribution is -2.40. The first kappa shape index (κ1) is 18.5. The van der Waals surface area contributed by atoms with Crippen molar-refractivity contribution in [2.75, 3.05) is 0 Å². The van der Waals surface area contributed by atoms with Gasteiger partial charge in [-0.05, 0) is 56.1 Å². The van der Waals surface area contributed by atoms with Crippen molar-refractivity contribution < 1.29 is 14.5 Å². The second-order valence-corrected chi connectivity index (χ2v) is 7.84. The summed E-state index contributed by atoms with van der Waals surface area (Å²) in [5.41, 5.74) is 0.216. The van der Waals surface area contributed by atoms with E-state index < -0.39 is 4.92 Å². The number of nitro benzene ring substituents is 1. The van der Waals surface area contributed by atoms with Gasteiger partial charge in [-0.2, -0.15) is 5.10 Å². The Kier molecular flexibility index (Phi) is 5.02. The smallest absolute Gasteiger partial charge is 0.311 e. The Morgan fingerprint density at radius 3 is 2.89 bits per heavy atom. The number of nitrogens with one attached hydrogen (secondary N) is 1. The number of nitro groups is 1. The number of carbonyl (C=O) groups is 1. The lowest BCUT2D eigenvalue weighted by atomic mass is 9.84. The summed E-state index contributed by atoms with van der Waals surface area (Å²) in [5, 5.41) is 18.4. The van der Waals surface area contributed by atoms with Crippen molar-refractivity contribution in [2.24, 2.45) is 17.8 Å². The van der Waals surface area contributed by atoms with Crippen LogP contribution < -0.4 is 10.1 Å². The molecule has 8 heteroatoms. The molecule has 8 nitrogen and oxygen atoms in total. The van der Waals surface area contributed by atoms with Gasteiger partial charge in [-0.1, -0.05) is 18.6 Å². The molecule has 0 saturated heterocycles. The van der Waals surface area contributed by atoms with Crippen molar-refractivity contribution in [3.05, 3.63) is 52.3 Å². The van der Waals surface area contributed by atoms with Gasteiger partial charge in [0.2, 0.25) is 0 Å². The van der Waals surface area contributed by atoms with E-state index in [1.165, 1.54) is 42.5 Å². The highest BCUT2D eigenvalue weighted by atomic mass is 16.6. The highest BCUT2D eigenvalue weighted by molar-refractivity contribution is 5.92. The number of rotatable bonds is 7. The number of aromatic nitrogens is 2. The van der Waals surface area contributed by atoms with E-state index in [1.807, 2.05) is 0 Å². The summed E-state index contributed by atoms with van der Waals surface area (Å²) in [5.74, 6) is 2.12. The first-order chi connectivity index (χ1) is 13.5. The molecule has 4 atom stereocenters. The molecule has 2 aliphatic carbocycles. The average Bonchev–Trinajstić information content (AvgIpc) is 3.43. The van der Waals surface area contributed by atoms with Gasteiger partial charge in [0.25, 0.3) is 5.91 Å². The molecule has 0 radical (unpaired) electrons. The summed E-state index contributed by atoms with van der Waals surface area (Å²) in [6.45, 7) is 2.07. The summed E-state index contributed by atoms with van der Waals surface area (Å²) in [6.07, 6.45) is 6.78. The van der Waals surface area contributed by atoms with E-state index in [-0.39, 0.29) is 30.1 Å². The van der Waals surface area contributed by atoms with Crippen LogP contribution in [-0.2, 0) is 6.73 Å². The van der Waals surface area contributed by atoms with Gasteiger partial charge in [0.1, 0.15) is 5.69 Å². The average molecular weight is 384 g/mol. The van der Waals surface area contributed by atoms with Gasteiger partial charge in [0.15, 0.2) is 12.5 Å². The number of para-hydroxylation sites is 2.